The molecule has 0 bridgehead atoms. The van der Waals surface area contributed by atoms with Crippen molar-refractivity contribution in [3.05, 3.63) is 47.5 Å². The van der Waals surface area contributed by atoms with Crippen molar-refractivity contribution in [1.29, 1.82) is 0 Å². The standard InChI is InChI=1S/C37H56O11/c1-7-8-9-10-14-17-29(38)22-31-28(21-35(43)44-5)20-30(23-32(39)26(2)46-24-27-15-12-11-13-16-27)48-37(31,45-6)36(3,4)25-47-34(42)19-18-33(40)41/h11-13,15-16,21,26,30-32,39H,7-10,14,17-20,22-25H2,1-6H3,(H,40,41)/t26-,30-,31-,32+,37+/m0/s1. The molecule has 2 N–H and O–H groups in total. The molecule has 0 spiro atoms. The van der Waals surface area contributed by atoms with Crippen molar-refractivity contribution in [2.45, 2.75) is 129 Å². The molecule has 11 nitrogen and oxygen atoms in total. The van der Waals surface area contributed by atoms with Gasteiger partial charge in [0.15, 0.2) is 5.79 Å². The second-order valence-electron chi connectivity index (χ2n) is 13.3. The Morgan fingerprint density at radius 2 is 1.73 bits per heavy atom. The Kier molecular flexibility index (Phi) is 17.5. The lowest BCUT2D eigenvalue weighted by Gasteiger charge is -2.54. The summed E-state index contributed by atoms with van der Waals surface area (Å²) in [4.78, 5) is 49.6. The molecule has 5 atom stereocenters. The van der Waals surface area contributed by atoms with Gasteiger partial charge in [0.25, 0.3) is 0 Å². The Balaban J connectivity index is 2.41. The fourth-order valence-corrected chi connectivity index (χ4v) is 6.16. The zero-order chi connectivity index (χ0) is 35.7. The van der Waals surface area contributed by atoms with E-state index in [1.165, 1.54) is 20.3 Å². The first-order chi connectivity index (χ1) is 22.8. The number of ketones is 1. The molecule has 0 aliphatic carbocycles. The molecule has 1 aliphatic rings. The van der Waals surface area contributed by atoms with Crippen LogP contribution in [0.1, 0.15) is 104 Å². The van der Waals surface area contributed by atoms with Gasteiger partial charge in [-0.05, 0) is 25.3 Å². The maximum atomic E-state index is 13.5. The Morgan fingerprint density at radius 1 is 1.04 bits per heavy atom. The lowest BCUT2D eigenvalue weighted by atomic mass is 9.68. The van der Waals surface area contributed by atoms with Crippen molar-refractivity contribution in [2.24, 2.45) is 11.3 Å². The highest BCUT2D eigenvalue weighted by Crippen LogP contribution is 2.51. The number of aliphatic hydroxyl groups is 1. The van der Waals surface area contributed by atoms with Crippen molar-refractivity contribution < 1.29 is 53.1 Å². The van der Waals surface area contributed by atoms with E-state index in [-0.39, 0.29) is 44.5 Å². The van der Waals surface area contributed by atoms with Crippen LogP contribution in [0.3, 0.4) is 0 Å². The van der Waals surface area contributed by atoms with Gasteiger partial charge < -0.3 is 33.9 Å². The van der Waals surface area contributed by atoms with E-state index in [0.717, 1.165) is 37.7 Å². The van der Waals surface area contributed by atoms with E-state index < -0.39 is 53.3 Å². The summed E-state index contributed by atoms with van der Waals surface area (Å²) in [5, 5.41) is 20.2. The van der Waals surface area contributed by atoms with Gasteiger partial charge in [-0.3, -0.25) is 14.4 Å². The molecule has 2 rings (SSSR count). The molecular weight excluding hydrogens is 620 g/mol. The van der Waals surface area contributed by atoms with Crippen molar-refractivity contribution in [3.8, 4) is 0 Å². The summed E-state index contributed by atoms with van der Waals surface area (Å²) in [6.45, 7) is 7.52. The predicted octanol–water partition coefficient (Wildman–Crippen LogP) is 5.94. The second-order valence-corrected chi connectivity index (χ2v) is 13.3. The Bertz CT molecular complexity index is 1190. The van der Waals surface area contributed by atoms with Gasteiger partial charge in [-0.1, -0.05) is 82.4 Å². The maximum absolute atomic E-state index is 13.5. The van der Waals surface area contributed by atoms with E-state index in [1.807, 2.05) is 30.3 Å². The van der Waals surface area contributed by atoms with Crippen LogP contribution in [0.2, 0.25) is 0 Å². The van der Waals surface area contributed by atoms with Crippen LogP contribution in [0.5, 0.6) is 0 Å². The first-order valence-electron chi connectivity index (χ1n) is 17.0. The Hall–Kier alpha value is -3.12. The summed E-state index contributed by atoms with van der Waals surface area (Å²) in [7, 11) is 2.71. The number of ether oxygens (including phenoxy) is 5. The summed E-state index contributed by atoms with van der Waals surface area (Å²) >= 11 is 0. The molecule has 1 fully saturated rings. The molecule has 1 saturated heterocycles. The van der Waals surface area contributed by atoms with Crippen LogP contribution in [0, 0.1) is 11.3 Å². The Morgan fingerprint density at radius 3 is 2.35 bits per heavy atom. The zero-order valence-corrected chi connectivity index (χ0v) is 29.5. The summed E-state index contributed by atoms with van der Waals surface area (Å²) in [5.74, 6) is -4.79. The fourth-order valence-electron chi connectivity index (χ4n) is 6.16. The quantitative estimate of drug-likeness (QED) is 0.0851. The number of hydrogen-bond acceptors (Lipinski definition) is 10. The van der Waals surface area contributed by atoms with E-state index in [9.17, 15) is 24.3 Å². The van der Waals surface area contributed by atoms with Crippen molar-refractivity contribution in [1.82, 2.24) is 0 Å². The molecule has 11 heteroatoms. The van der Waals surface area contributed by atoms with Crippen LogP contribution in [-0.4, -0.2) is 78.8 Å². The van der Waals surface area contributed by atoms with Crippen molar-refractivity contribution >= 4 is 23.7 Å². The van der Waals surface area contributed by atoms with Gasteiger partial charge in [-0.15, -0.1) is 0 Å². The van der Waals surface area contributed by atoms with Gasteiger partial charge in [0.05, 0.1) is 50.3 Å². The van der Waals surface area contributed by atoms with Gasteiger partial charge in [0.1, 0.15) is 12.4 Å². The first kappa shape index (κ1) is 41.1. The number of carbonyl (C=O) groups excluding carboxylic acids is 3. The lowest BCUT2D eigenvalue weighted by molar-refractivity contribution is -0.340. The van der Waals surface area contributed by atoms with Crippen LogP contribution in [-0.2, 0) is 49.5 Å². The number of esters is 2. The Labute approximate surface area is 285 Å². The van der Waals surface area contributed by atoms with Gasteiger partial charge >= 0.3 is 17.9 Å². The molecule has 0 amide bonds. The van der Waals surface area contributed by atoms with Gasteiger partial charge in [0.2, 0.25) is 0 Å². The minimum Gasteiger partial charge on any atom is -0.481 e. The maximum Gasteiger partial charge on any atom is 0.330 e. The SMILES string of the molecule is CCCCCCCC(=O)C[C@H]1C(=CC(=O)OC)C[C@@H](C[C@@H](O)[C@H](C)OCc2ccccc2)O[C@@]1(OC)C(C)(C)COC(=O)CCC(=O)O. The van der Waals surface area contributed by atoms with Crippen LogP contribution in [0.25, 0.3) is 0 Å². The second kappa shape index (κ2) is 20.4. The fraction of sp³-hybridized carbons (Fsp3) is 0.676. The molecule has 1 aromatic carbocycles. The van der Waals surface area contributed by atoms with E-state index in [4.69, 9.17) is 28.8 Å². The highest BCUT2D eigenvalue weighted by molar-refractivity contribution is 5.84. The highest BCUT2D eigenvalue weighted by Gasteiger charge is 2.58. The topological polar surface area (TPSA) is 155 Å². The van der Waals surface area contributed by atoms with Gasteiger partial charge in [0, 0.05) is 38.4 Å². The van der Waals surface area contributed by atoms with Gasteiger partial charge in [-0.25, -0.2) is 4.79 Å². The van der Waals surface area contributed by atoms with Crippen molar-refractivity contribution in [3.63, 3.8) is 0 Å². The number of carboxylic acid groups (broad SMARTS) is 1. The average molecular weight is 677 g/mol. The molecule has 1 aromatic rings. The van der Waals surface area contributed by atoms with E-state index in [2.05, 4.69) is 6.92 Å². The van der Waals surface area contributed by atoms with Crippen molar-refractivity contribution in [2.75, 3.05) is 20.8 Å². The van der Waals surface area contributed by atoms with E-state index >= 15 is 0 Å². The largest absolute Gasteiger partial charge is 0.481 e. The number of methoxy groups -OCH3 is 2. The predicted molar refractivity (Wildman–Crippen MR) is 179 cm³/mol. The van der Waals surface area contributed by atoms with Crippen LogP contribution >= 0.6 is 0 Å². The average Bonchev–Trinajstić information content (AvgIpc) is 3.06. The molecule has 270 valence electrons. The third kappa shape index (κ3) is 12.7. The highest BCUT2D eigenvalue weighted by atomic mass is 16.7. The number of Topliss-reactive ketones (excluding diaryl/α,β-unsaturated/α-hetero) is 1. The zero-order valence-electron chi connectivity index (χ0n) is 29.5. The number of unbranched alkanes of at least 4 members (excludes halogenated alkanes) is 4. The summed E-state index contributed by atoms with van der Waals surface area (Å²) in [6, 6.07) is 9.60. The molecule has 1 aliphatic heterocycles. The molecule has 0 radical (unpaired) electrons. The number of hydrogen-bond donors (Lipinski definition) is 2. The molecule has 1 heterocycles. The molecule has 0 saturated carbocycles. The number of carbonyl (C=O) groups is 4. The third-order valence-electron chi connectivity index (χ3n) is 8.99. The third-order valence-corrected chi connectivity index (χ3v) is 8.99. The number of carboxylic acids is 1. The first-order valence-corrected chi connectivity index (χ1v) is 17.0. The van der Waals surface area contributed by atoms with E-state index in [0.29, 0.717) is 18.6 Å². The smallest absolute Gasteiger partial charge is 0.330 e. The molecule has 0 aromatic heterocycles. The molecule has 0 unspecified atom stereocenters. The van der Waals surface area contributed by atoms with Gasteiger partial charge in [-0.2, -0.15) is 0 Å². The summed E-state index contributed by atoms with van der Waals surface area (Å²) in [6.07, 6.45) is 4.09. The van der Waals surface area contributed by atoms with Crippen LogP contribution in [0.15, 0.2) is 42.0 Å². The monoisotopic (exact) mass is 676 g/mol. The molecule has 48 heavy (non-hydrogen) atoms. The summed E-state index contributed by atoms with van der Waals surface area (Å²) in [5.41, 5.74) is 0.417. The van der Waals surface area contributed by atoms with E-state index in [1.54, 1.807) is 20.8 Å². The minimum atomic E-state index is -1.59. The molecular formula is C37H56O11. The normalized spacial score (nSPS) is 21.8. The number of rotatable bonds is 22. The lowest BCUT2D eigenvalue weighted by Crippen LogP contribution is -2.61. The summed E-state index contributed by atoms with van der Waals surface area (Å²) < 4.78 is 29.4. The number of aliphatic hydroxyl groups excluding tert-OH is 1. The van der Waals surface area contributed by atoms with Crippen LogP contribution in [0.4, 0.5) is 0 Å². The number of aliphatic carboxylic acids is 1. The number of benzene rings is 1. The van der Waals surface area contributed by atoms with Crippen LogP contribution < -0.4 is 0 Å². The minimum absolute atomic E-state index is 0.00665.